The van der Waals surface area contributed by atoms with Crippen molar-refractivity contribution < 1.29 is 0 Å². The Labute approximate surface area is 107 Å². The molecule has 1 aliphatic carbocycles. The van der Waals surface area contributed by atoms with E-state index in [1.165, 1.54) is 18.4 Å². The number of H-pyrrole nitrogens is 1. The Hall–Kier alpha value is -1.39. The highest BCUT2D eigenvalue weighted by atomic mass is 14.9. The Kier molecular flexibility index (Phi) is 3.30. The highest BCUT2D eigenvalue weighted by molar-refractivity contribution is 5.74. The van der Waals surface area contributed by atoms with Gasteiger partial charge in [-0.3, -0.25) is 0 Å². The maximum atomic E-state index is 5.92. The first-order valence-corrected chi connectivity index (χ1v) is 6.72. The average Bonchev–Trinajstić information content (AvgIpc) is 2.85. The summed E-state index contributed by atoms with van der Waals surface area (Å²) in [6.07, 6.45) is 6.44. The number of rotatable bonds is 3. The van der Waals surface area contributed by atoms with Gasteiger partial charge in [0.1, 0.15) is 0 Å². The van der Waals surface area contributed by atoms with Crippen LogP contribution in [-0.4, -0.2) is 22.1 Å². The molecule has 0 atom stereocenters. The van der Waals surface area contributed by atoms with Crippen LogP contribution in [0.15, 0.2) is 24.5 Å². The maximum absolute atomic E-state index is 5.92. The molecule has 0 aliphatic heterocycles. The van der Waals surface area contributed by atoms with E-state index in [4.69, 9.17) is 5.73 Å². The van der Waals surface area contributed by atoms with E-state index in [9.17, 15) is 0 Å². The van der Waals surface area contributed by atoms with Crippen LogP contribution in [0.5, 0.6) is 0 Å². The van der Waals surface area contributed by atoms with Crippen LogP contribution in [0.1, 0.15) is 31.2 Å². The molecule has 96 valence electrons. The standard InChI is InChI=1S/C14H20N4/c15-11-2-4-12(5-3-11)16-8-10-1-6-13-14(7-10)18-9-17-13/h1,6-7,9,11-12,16H,2-5,8,15H2,(H,17,18). The van der Waals surface area contributed by atoms with Gasteiger partial charge in [0.15, 0.2) is 0 Å². The van der Waals surface area contributed by atoms with Gasteiger partial charge >= 0.3 is 0 Å². The van der Waals surface area contributed by atoms with E-state index in [2.05, 4.69) is 33.5 Å². The first-order valence-electron chi connectivity index (χ1n) is 6.72. The zero-order chi connectivity index (χ0) is 12.4. The summed E-state index contributed by atoms with van der Waals surface area (Å²) in [7, 11) is 0. The van der Waals surface area contributed by atoms with Gasteiger partial charge in [-0.25, -0.2) is 4.98 Å². The molecule has 18 heavy (non-hydrogen) atoms. The number of fused-ring (bicyclic) bond motifs is 1. The van der Waals surface area contributed by atoms with E-state index in [1.807, 2.05) is 0 Å². The van der Waals surface area contributed by atoms with Crippen LogP contribution in [0.2, 0.25) is 0 Å². The summed E-state index contributed by atoms with van der Waals surface area (Å²) in [5.41, 5.74) is 9.36. The molecule has 2 aromatic rings. The van der Waals surface area contributed by atoms with Gasteiger partial charge in [-0.1, -0.05) is 6.07 Å². The highest BCUT2D eigenvalue weighted by Crippen LogP contribution is 2.18. The Balaban J connectivity index is 1.59. The van der Waals surface area contributed by atoms with Crippen molar-refractivity contribution in [3.05, 3.63) is 30.1 Å². The lowest BCUT2D eigenvalue weighted by molar-refractivity contribution is 0.342. The van der Waals surface area contributed by atoms with Crippen LogP contribution in [-0.2, 0) is 6.54 Å². The fourth-order valence-electron chi connectivity index (χ4n) is 2.68. The van der Waals surface area contributed by atoms with Crippen molar-refractivity contribution in [2.24, 2.45) is 5.73 Å². The summed E-state index contributed by atoms with van der Waals surface area (Å²) in [5, 5.41) is 3.63. The second kappa shape index (κ2) is 5.08. The summed E-state index contributed by atoms with van der Waals surface area (Å²) in [6.45, 7) is 0.925. The molecule has 0 saturated heterocycles. The van der Waals surface area contributed by atoms with Crippen molar-refractivity contribution in [1.29, 1.82) is 0 Å². The highest BCUT2D eigenvalue weighted by Gasteiger charge is 2.17. The molecule has 1 aromatic carbocycles. The quantitative estimate of drug-likeness (QED) is 0.772. The molecule has 1 heterocycles. The normalized spacial score (nSPS) is 24.5. The van der Waals surface area contributed by atoms with E-state index in [0.717, 1.165) is 30.4 Å². The lowest BCUT2D eigenvalue weighted by atomic mass is 9.92. The molecule has 0 spiro atoms. The number of benzene rings is 1. The van der Waals surface area contributed by atoms with Crippen LogP contribution in [0.25, 0.3) is 11.0 Å². The summed E-state index contributed by atoms with van der Waals surface area (Å²) < 4.78 is 0. The lowest BCUT2D eigenvalue weighted by Crippen LogP contribution is -2.37. The largest absolute Gasteiger partial charge is 0.345 e. The minimum atomic E-state index is 0.421. The number of hydrogen-bond acceptors (Lipinski definition) is 3. The first-order chi connectivity index (χ1) is 8.81. The number of hydrogen-bond donors (Lipinski definition) is 3. The van der Waals surface area contributed by atoms with Crippen LogP contribution in [0.3, 0.4) is 0 Å². The summed E-state index contributed by atoms with van der Waals surface area (Å²) >= 11 is 0. The number of nitrogens with zero attached hydrogens (tertiary/aromatic N) is 1. The number of aromatic amines is 1. The molecular weight excluding hydrogens is 224 g/mol. The fraction of sp³-hybridized carbons (Fsp3) is 0.500. The number of imidazole rings is 1. The van der Waals surface area contributed by atoms with Crippen molar-refractivity contribution in [2.45, 2.75) is 44.3 Å². The van der Waals surface area contributed by atoms with Gasteiger partial charge in [-0.15, -0.1) is 0 Å². The Bertz CT molecular complexity index is 511. The predicted octanol–water partition coefficient (Wildman–Crippen LogP) is 1.92. The van der Waals surface area contributed by atoms with Crippen molar-refractivity contribution in [3.63, 3.8) is 0 Å². The predicted molar refractivity (Wildman–Crippen MR) is 73.2 cm³/mol. The van der Waals surface area contributed by atoms with E-state index in [-0.39, 0.29) is 0 Å². The number of nitrogens with one attached hydrogen (secondary N) is 2. The molecule has 0 bridgehead atoms. The minimum absolute atomic E-state index is 0.421. The third-order valence-electron chi connectivity index (χ3n) is 3.85. The van der Waals surface area contributed by atoms with E-state index < -0.39 is 0 Å². The second-order valence-corrected chi connectivity index (χ2v) is 5.25. The van der Waals surface area contributed by atoms with Crippen molar-refractivity contribution in [3.8, 4) is 0 Å². The molecule has 1 saturated carbocycles. The smallest absolute Gasteiger partial charge is 0.0931 e. The van der Waals surface area contributed by atoms with Crippen LogP contribution in [0, 0.1) is 0 Å². The Morgan fingerprint density at radius 2 is 2.11 bits per heavy atom. The number of nitrogens with two attached hydrogens (primary N) is 1. The third-order valence-corrected chi connectivity index (χ3v) is 3.85. The monoisotopic (exact) mass is 244 g/mol. The summed E-state index contributed by atoms with van der Waals surface area (Å²) in [5.74, 6) is 0. The maximum Gasteiger partial charge on any atom is 0.0931 e. The molecule has 4 N–H and O–H groups in total. The molecule has 4 heteroatoms. The first kappa shape index (κ1) is 11.7. The molecule has 0 radical (unpaired) electrons. The summed E-state index contributed by atoms with van der Waals surface area (Å²) in [6, 6.07) is 7.43. The molecule has 3 rings (SSSR count). The third kappa shape index (κ3) is 2.54. The molecular formula is C14H20N4. The minimum Gasteiger partial charge on any atom is -0.345 e. The topological polar surface area (TPSA) is 66.7 Å². The molecule has 0 amide bonds. The zero-order valence-electron chi connectivity index (χ0n) is 10.5. The van der Waals surface area contributed by atoms with Gasteiger partial charge in [0.2, 0.25) is 0 Å². The zero-order valence-corrected chi connectivity index (χ0v) is 10.5. The SMILES string of the molecule is NC1CCC(NCc2ccc3nc[nH]c3c2)CC1. The Morgan fingerprint density at radius 3 is 2.94 bits per heavy atom. The van der Waals surface area contributed by atoms with E-state index >= 15 is 0 Å². The molecule has 4 nitrogen and oxygen atoms in total. The number of aromatic nitrogens is 2. The summed E-state index contributed by atoms with van der Waals surface area (Å²) in [4.78, 5) is 7.38. The van der Waals surface area contributed by atoms with Crippen LogP contribution < -0.4 is 11.1 Å². The molecule has 1 aliphatic rings. The van der Waals surface area contributed by atoms with Crippen molar-refractivity contribution in [2.75, 3.05) is 0 Å². The van der Waals surface area contributed by atoms with Gasteiger partial charge < -0.3 is 16.0 Å². The van der Waals surface area contributed by atoms with Crippen molar-refractivity contribution >= 4 is 11.0 Å². The molecule has 0 unspecified atom stereocenters. The van der Waals surface area contributed by atoms with Gasteiger partial charge in [0.05, 0.1) is 17.4 Å². The Morgan fingerprint density at radius 1 is 1.28 bits per heavy atom. The van der Waals surface area contributed by atoms with Gasteiger partial charge in [-0.05, 0) is 43.4 Å². The van der Waals surface area contributed by atoms with Gasteiger partial charge in [-0.2, -0.15) is 0 Å². The van der Waals surface area contributed by atoms with Gasteiger partial charge in [0, 0.05) is 18.6 Å². The molecule has 1 fully saturated rings. The fourth-order valence-corrected chi connectivity index (χ4v) is 2.68. The van der Waals surface area contributed by atoms with E-state index in [1.54, 1.807) is 6.33 Å². The van der Waals surface area contributed by atoms with Crippen molar-refractivity contribution in [1.82, 2.24) is 15.3 Å². The van der Waals surface area contributed by atoms with Crippen LogP contribution in [0.4, 0.5) is 0 Å². The van der Waals surface area contributed by atoms with E-state index in [0.29, 0.717) is 12.1 Å². The second-order valence-electron chi connectivity index (χ2n) is 5.25. The molecule has 1 aromatic heterocycles. The average molecular weight is 244 g/mol. The van der Waals surface area contributed by atoms with Crippen LogP contribution >= 0.6 is 0 Å². The van der Waals surface area contributed by atoms with Gasteiger partial charge in [0.25, 0.3) is 0 Å². The lowest BCUT2D eigenvalue weighted by Gasteiger charge is -2.26.